The smallest absolute Gasteiger partial charge is 0.327 e. The number of nitrogens with one attached hydrogen (secondary N) is 14. The van der Waals surface area contributed by atoms with Crippen LogP contribution in [0, 0.1) is 0 Å². The molecule has 4 aromatic carbocycles. The van der Waals surface area contributed by atoms with Crippen LogP contribution in [0.3, 0.4) is 0 Å². The van der Waals surface area contributed by atoms with Gasteiger partial charge in [0.25, 0.3) is 0 Å². The number of aliphatic carboxylic acids is 1. The maximum Gasteiger partial charge on any atom is 0.327 e. The van der Waals surface area contributed by atoms with Crippen LogP contribution in [0.1, 0.15) is 107 Å². The van der Waals surface area contributed by atoms with Gasteiger partial charge in [-0.05, 0) is 118 Å². The molecule has 0 unspecified atom stereocenters. The van der Waals surface area contributed by atoms with Crippen molar-refractivity contribution in [1.29, 1.82) is 0 Å². The number of hydrogen-bond donors (Lipinski definition) is 21. The van der Waals surface area contributed by atoms with Crippen LogP contribution in [-0.2, 0) is 94.6 Å². The van der Waals surface area contributed by atoms with Gasteiger partial charge in [0, 0.05) is 73.4 Å². The SMILES string of the molecule is CC(C)NCc1ccc(C[C@@H]2NC(=O)[C@@H](Cc3c[nH]c4ccccc34)NC(=O)[C@@H]3CCC(=O)NCCCC[C@H](NC(=O)[C@@H]([C@@H](C)O)NC2=O)C(=O)N[C@@H]([C@@H](C)O)C(=O)N[C@@H](CO)C(=O)N[C@H](C(=O)O)CSSC[C@H](NC(=O)[C@@H](N)Cc2ccc(O)cc2)C(=O)N[C@@H](CCCCN)C(=O)N[C@@H](Cc2ccccc2)C(=O)N3)cc1. The molecule has 34 nitrogen and oxygen atoms in total. The molecule has 7 rings (SSSR count). The van der Waals surface area contributed by atoms with E-state index in [2.05, 4.69) is 74.1 Å². The van der Waals surface area contributed by atoms with Crippen molar-refractivity contribution in [2.24, 2.45) is 11.5 Å². The van der Waals surface area contributed by atoms with Crippen molar-refractivity contribution in [3.05, 3.63) is 137 Å². The van der Waals surface area contributed by atoms with Gasteiger partial charge in [-0.2, -0.15) is 0 Å². The van der Waals surface area contributed by atoms with Crippen molar-refractivity contribution in [1.82, 2.24) is 74.1 Å². The quantitative estimate of drug-likeness (QED) is 0.0272. The molecule has 112 heavy (non-hydrogen) atoms. The first kappa shape index (κ1) is 89.0. The second kappa shape index (κ2) is 44.7. The number of carbonyl (C=O) groups is 13. The number of hydrogen-bond acceptors (Lipinski definition) is 22. The largest absolute Gasteiger partial charge is 0.508 e. The number of aliphatic hydroxyl groups excluding tert-OH is 3. The topological polar surface area (TPSA) is 547 Å². The molecule has 0 spiro atoms. The van der Waals surface area contributed by atoms with E-state index in [1.165, 1.54) is 24.3 Å². The normalized spacial score (nSPS) is 24.3. The van der Waals surface area contributed by atoms with E-state index < -0.39 is 187 Å². The van der Waals surface area contributed by atoms with Crippen LogP contribution in [0.2, 0.25) is 0 Å². The number of amides is 12. The zero-order valence-corrected chi connectivity index (χ0v) is 64.4. The summed E-state index contributed by atoms with van der Waals surface area (Å²) >= 11 is 0. The maximum atomic E-state index is 15.5. The highest BCUT2D eigenvalue weighted by molar-refractivity contribution is 8.76. The summed E-state index contributed by atoms with van der Waals surface area (Å²) in [6.07, 6.45) is -3.51. The minimum atomic E-state index is -1.97. The lowest BCUT2D eigenvalue weighted by Crippen LogP contribution is -2.63. The fourth-order valence-electron chi connectivity index (χ4n) is 12.2. The molecular formula is C76H104N16O18S2. The van der Waals surface area contributed by atoms with Crippen LogP contribution in [0.15, 0.2) is 109 Å². The molecule has 23 N–H and O–H groups in total. The summed E-state index contributed by atoms with van der Waals surface area (Å²) in [5.41, 5.74) is 15.8. The Labute approximate surface area is 655 Å². The molecule has 2 aliphatic rings. The number of para-hydroxylation sites is 1. The summed E-state index contributed by atoms with van der Waals surface area (Å²) < 4.78 is 0. The van der Waals surface area contributed by atoms with E-state index in [4.69, 9.17) is 11.5 Å². The van der Waals surface area contributed by atoms with E-state index >= 15 is 24.0 Å². The number of carbonyl (C=O) groups excluding carboxylic acids is 12. The second-order valence-electron chi connectivity index (χ2n) is 28.0. The van der Waals surface area contributed by atoms with Gasteiger partial charge in [-0.25, -0.2) is 4.79 Å². The predicted molar refractivity (Wildman–Crippen MR) is 417 cm³/mol. The first-order valence-electron chi connectivity index (χ1n) is 37.2. The van der Waals surface area contributed by atoms with Crippen LogP contribution >= 0.6 is 21.6 Å². The number of carboxylic acid groups (broad SMARTS) is 1. The van der Waals surface area contributed by atoms with Crippen molar-refractivity contribution in [2.75, 3.05) is 31.2 Å². The number of benzene rings is 4. The van der Waals surface area contributed by atoms with Gasteiger partial charge in [0.1, 0.15) is 72.2 Å². The first-order chi connectivity index (χ1) is 53.5. The molecule has 0 aliphatic carbocycles. The maximum absolute atomic E-state index is 15.5. The summed E-state index contributed by atoms with van der Waals surface area (Å²) in [5, 5.41) is 88.1. The van der Waals surface area contributed by atoms with E-state index in [0.717, 1.165) is 41.0 Å². The standard InChI is InChI=1S/C76H104N16O18S2/c1-41(2)80-36-47-22-20-46(21-23-47)34-57-71(104)92-63(42(3)94)74(107)84-54-19-11-13-31-79-62(97)29-28-55(67(100)87-58(70(103)86-57)35-48-37-81-52-17-9-8-16-50(48)52)83-69(102)56(33-44-14-6-5-7-15-44)85-66(99)53(18-10-12-30-77)82-73(106)60(89-65(98)51(78)32-45-24-26-49(96)27-25-45)39-111-112-40-61(76(109)110)90-72(105)59(38-93)88-75(108)64(43(4)95)91-68(54)101/h5-9,14-17,20-27,37,41-43,51,53-61,63-64,80-81,93-96H,10-13,18-19,28-36,38-40,77-78H2,1-4H3,(H,79,97)(H,82,106)(H,83,102)(H,84,107)(H,85,99)(H,86,103)(H,87,100)(H,88,108)(H,89,98)(H,90,105)(H,91,101)(H,92,104)(H,109,110)/t42-,43-,51+,53+,54+,55+,56+,57+,58-,59+,60+,61+,63-,64+/m1/s1. The Hall–Kier alpha value is -10.2. The number of aromatic nitrogens is 1. The molecule has 36 heteroatoms. The number of aliphatic hydroxyl groups is 3. The Bertz CT molecular complexity index is 4030. The minimum Gasteiger partial charge on any atom is -0.508 e. The molecular weight excluding hydrogens is 1490 g/mol. The van der Waals surface area contributed by atoms with Gasteiger partial charge in [-0.3, -0.25) is 57.5 Å². The third-order valence-corrected chi connectivity index (χ3v) is 21.1. The van der Waals surface area contributed by atoms with Crippen molar-refractivity contribution in [3.63, 3.8) is 0 Å². The average molecular weight is 1590 g/mol. The highest BCUT2D eigenvalue weighted by Gasteiger charge is 2.39. The molecule has 2 saturated heterocycles. The lowest BCUT2D eigenvalue weighted by molar-refractivity contribution is -0.142. The van der Waals surface area contributed by atoms with E-state index in [9.17, 15) is 63.9 Å². The van der Waals surface area contributed by atoms with Crippen LogP contribution in [0.25, 0.3) is 10.9 Å². The van der Waals surface area contributed by atoms with Gasteiger partial charge in [0.15, 0.2) is 0 Å². The van der Waals surface area contributed by atoms with Crippen LogP contribution in [-0.4, -0.2) is 229 Å². The Morgan fingerprint density at radius 1 is 0.545 bits per heavy atom. The summed E-state index contributed by atoms with van der Waals surface area (Å²) in [7, 11) is 1.63. The molecule has 2 bridgehead atoms. The molecule has 5 aromatic rings. The van der Waals surface area contributed by atoms with Crippen LogP contribution in [0.5, 0.6) is 5.75 Å². The molecule has 12 amide bonds. The molecule has 14 atom stereocenters. The number of phenolic OH excluding ortho intramolecular Hbond substituents is 1. The Morgan fingerprint density at radius 3 is 1.71 bits per heavy atom. The number of fused-ring (bicyclic) bond motifs is 10. The zero-order chi connectivity index (χ0) is 81.6. The highest BCUT2D eigenvalue weighted by atomic mass is 33.1. The lowest BCUT2D eigenvalue weighted by Gasteiger charge is -2.29. The number of rotatable bonds is 21. The minimum absolute atomic E-state index is 0.00443. The number of aromatic amines is 1. The summed E-state index contributed by atoms with van der Waals surface area (Å²) in [6, 6.07) is 8.21. The predicted octanol–water partition coefficient (Wildman–Crippen LogP) is -2.26. The summed E-state index contributed by atoms with van der Waals surface area (Å²) in [6.45, 7) is 5.55. The van der Waals surface area contributed by atoms with Gasteiger partial charge in [0.05, 0.1) is 24.9 Å². The first-order valence-corrected chi connectivity index (χ1v) is 39.7. The number of aromatic hydroxyl groups is 1. The van der Waals surface area contributed by atoms with Crippen molar-refractivity contribution in [3.8, 4) is 5.75 Å². The van der Waals surface area contributed by atoms with E-state index in [1.54, 1.807) is 85.1 Å². The molecule has 2 aliphatic heterocycles. The number of nitrogens with two attached hydrogens (primary N) is 2. The van der Waals surface area contributed by atoms with Gasteiger partial charge >= 0.3 is 5.97 Å². The van der Waals surface area contributed by atoms with Gasteiger partial charge in [-0.15, -0.1) is 0 Å². The lowest BCUT2D eigenvalue weighted by atomic mass is 10.00. The fraction of sp³-hybridized carbons (Fsp3) is 0.487. The fourth-order valence-corrected chi connectivity index (χ4v) is 14.5. The molecule has 2 fully saturated rings. The third kappa shape index (κ3) is 28.2. The molecule has 1 aromatic heterocycles. The van der Waals surface area contributed by atoms with Crippen molar-refractivity contribution < 1.29 is 87.9 Å². The van der Waals surface area contributed by atoms with Crippen molar-refractivity contribution >= 4 is 109 Å². The summed E-state index contributed by atoms with van der Waals surface area (Å²) in [5.74, 6) is -14.8. The second-order valence-corrected chi connectivity index (χ2v) is 30.6. The molecule has 0 radical (unpaired) electrons. The van der Waals surface area contributed by atoms with Gasteiger partial charge < -0.3 is 111 Å². The van der Waals surface area contributed by atoms with E-state index in [0.29, 0.717) is 46.1 Å². The Balaban J connectivity index is 1.35. The number of H-pyrrole nitrogens is 1. The molecule has 0 saturated carbocycles. The van der Waals surface area contributed by atoms with E-state index in [-0.39, 0.29) is 88.4 Å². The van der Waals surface area contributed by atoms with Crippen molar-refractivity contribution in [2.45, 2.75) is 202 Å². The highest BCUT2D eigenvalue weighted by Crippen LogP contribution is 2.25. The van der Waals surface area contributed by atoms with E-state index in [1.807, 2.05) is 13.8 Å². The third-order valence-electron chi connectivity index (χ3n) is 18.7. The molecule has 3 heterocycles. The van der Waals surface area contributed by atoms with Crippen LogP contribution in [0.4, 0.5) is 0 Å². The molecule has 608 valence electrons. The number of phenols is 1. The zero-order valence-electron chi connectivity index (χ0n) is 62.8. The Morgan fingerprint density at radius 2 is 1.06 bits per heavy atom. The number of carboxylic acids is 1. The average Bonchev–Trinajstić information content (AvgIpc) is 1.62. The van der Waals surface area contributed by atoms with Gasteiger partial charge in [0.2, 0.25) is 70.9 Å². The monoisotopic (exact) mass is 1590 g/mol. The van der Waals surface area contributed by atoms with Crippen LogP contribution < -0.4 is 80.6 Å². The summed E-state index contributed by atoms with van der Waals surface area (Å²) in [4.78, 5) is 193. The Kier molecular flexibility index (Phi) is 35.5. The number of unbranched alkanes of at least 4 members (excludes halogenated alkanes) is 1. The van der Waals surface area contributed by atoms with Gasteiger partial charge in [-0.1, -0.05) is 120 Å².